The minimum atomic E-state index is -0.749. The summed E-state index contributed by atoms with van der Waals surface area (Å²) in [5.41, 5.74) is 0.993. The molecule has 1 aromatic carbocycles. The van der Waals surface area contributed by atoms with E-state index >= 15 is 0 Å². The molecule has 4 rings (SSSR count). The predicted octanol–water partition coefficient (Wildman–Crippen LogP) is 4.70. The standard InChI is InChI=1S/C34H49N3O4S/c1-6-10-14-22-36(21-9-4)32(41)29-34-18-17-33(5,42-34)27(30(39)35(19-7-2)20-8-3)28(34)31(40)37(29)26(24-38)23-25-15-12-11-13-16-25/h7,9,11-13,15-16,26-29,38H,2,4,6,8,10,14,17-24H2,1,3,5H3/t26-,27-,28+,29?,33+,34?/m1/s1. The van der Waals surface area contributed by atoms with Crippen LogP contribution in [0, 0.1) is 11.8 Å². The van der Waals surface area contributed by atoms with Crippen molar-refractivity contribution in [1.29, 1.82) is 0 Å². The number of likely N-dealkylation sites (tertiary alicyclic amines) is 1. The number of hydrogen-bond donors (Lipinski definition) is 1. The van der Waals surface area contributed by atoms with Crippen molar-refractivity contribution in [3.63, 3.8) is 0 Å². The average Bonchev–Trinajstić information content (AvgIpc) is 3.56. The van der Waals surface area contributed by atoms with Crippen LogP contribution in [0.3, 0.4) is 0 Å². The van der Waals surface area contributed by atoms with E-state index in [0.717, 1.165) is 37.7 Å². The van der Waals surface area contributed by atoms with Gasteiger partial charge in [0.05, 0.1) is 29.2 Å². The zero-order chi connectivity index (χ0) is 30.5. The topological polar surface area (TPSA) is 81.2 Å². The third-order valence-electron chi connectivity index (χ3n) is 9.48. The maximum atomic E-state index is 14.7. The second-order valence-electron chi connectivity index (χ2n) is 12.4. The summed E-state index contributed by atoms with van der Waals surface area (Å²) in [6.45, 7) is 15.8. The summed E-state index contributed by atoms with van der Waals surface area (Å²) >= 11 is 1.69. The molecule has 3 saturated heterocycles. The molecule has 2 bridgehead atoms. The third kappa shape index (κ3) is 5.81. The third-order valence-corrected chi connectivity index (χ3v) is 11.5. The molecule has 3 amide bonds. The Labute approximate surface area is 256 Å². The quantitative estimate of drug-likeness (QED) is 0.221. The van der Waals surface area contributed by atoms with Gasteiger partial charge in [-0.05, 0) is 44.6 Å². The fraction of sp³-hybridized carbons (Fsp3) is 0.618. The molecule has 3 aliphatic rings. The smallest absolute Gasteiger partial charge is 0.247 e. The Balaban J connectivity index is 1.80. The average molecular weight is 596 g/mol. The van der Waals surface area contributed by atoms with E-state index in [0.29, 0.717) is 39.0 Å². The highest BCUT2D eigenvalue weighted by Gasteiger charge is 2.78. The molecular formula is C34H49N3O4S. The van der Waals surface area contributed by atoms with E-state index in [1.165, 1.54) is 0 Å². The molecule has 1 N–H and O–H groups in total. The molecule has 7 nitrogen and oxygen atoms in total. The SMILES string of the molecule is C=CCN(CCCCC)C(=O)C1N([C@@H](CO)Cc2ccccc2)C(=O)[C@@H]2[C@H](C(=O)N(CC=C)CCC)[C@]3(C)CCC12S3. The molecular weight excluding hydrogens is 546 g/mol. The largest absolute Gasteiger partial charge is 0.394 e. The molecule has 0 aliphatic carbocycles. The Hall–Kier alpha value is -2.58. The second-order valence-corrected chi connectivity index (χ2v) is 14.2. The van der Waals surface area contributed by atoms with E-state index in [1.54, 1.807) is 28.8 Å². The molecule has 2 unspecified atom stereocenters. The van der Waals surface area contributed by atoms with Gasteiger partial charge in [0.25, 0.3) is 0 Å². The van der Waals surface area contributed by atoms with Gasteiger partial charge in [0.1, 0.15) is 6.04 Å². The van der Waals surface area contributed by atoms with Crippen LogP contribution in [0.5, 0.6) is 0 Å². The van der Waals surface area contributed by atoms with E-state index in [2.05, 4.69) is 27.0 Å². The molecule has 3 fully saturated rings. The fourth-order valence-electron chi connectivity index (χ4n) is 7.64. The first kappa shape index (κ1) is 32.3. The van der Waals surface area contributed by atoms with Crippen LogP contribution in [0.25, 0.3) is 0 Å². The Bertz CT molecular complexity index is 1140. The lowest BCUT2D eigenvalue weighted by Gasteiger charge is -2.39. The fourth-order valence-corrected chi connectivity index (χ4v) is 9.97. The van der Waals surface area contributed by atoms with Crippen molar-refractivity contribution in [3.8, 4) is 0 Å². The van der Waals surface area contributed by atoms with Gasteiger partial charge in [0, 0.05) is 30.9 Å². The molecule has 0 aromatic heterocycles. The number of rotatable bonds is 16. The number of aliphatic hydroxyl groups excluding tert-OH is 1. The lowest BCUT2D eigenvalue weighted by atomic mass is 9.66. The summed E-state index contributed by atoms with van der Waals surface area (Å²) in [5, 5.41) is 10.7. The number of amides is 3. The molecule has 3 heterocycles. The zero-order valence-corrected chi connectivity index (χ0v) is 26.5. The van der Waals surface area contributed by atoms with Crippen molar-refractivity contribution in [2.45, 2.75) is 87.3 Å². The summed E-state index contributed by atoms with van der Waals surface area (Å²) < 4.78 is -1.15. The first-order chi connectivity index (χ1) is 20.2. The van der Waals surface area contributed by atoms with Crippen molar-refractivity contribution < 1.29 is 19.5 Å². The molecule has 6 atom stereocenters. The lowest BCUT2D eigenvalue weighted by Crippen LogP contribution is -2.58. The maximum Gasteiger partial charge on any atom is 0.247 e. The van der Waals surface area contributed by atoms with Crippen molar-refractivity contribution >= 4 is 29.5 Å². The van der Waals surface area contributed by atoms with Crippen molar-refractivity contribution in [1.82, 2.24) is 14.7 Å². The van der Waals surface area contributed by atoms with Crippen LogP contribution < -0.4 is 0 Å². The van der Waals surface area contributed by atoms with Crippen LogP contribution >= 0.6 is 11.8 Å². The number of carbonyl (C=O) groups is 3. The van der Waals surface area contributed by atoms with E-state index in [9.17, 15) is 19.5 Å². The minimum absolute atomic E-state index is 0.0192. The van der Waals surface area contributed by atoms with E-state index in [-0.39, 0.29) is 24.3 Å². The number of fused-ring (bicyclic) bond motifs is 1. The number of thioether (sulfide) groups is 1. The second kappa shape index (κ2) is 13.8. The number of benzene rings is 1. The first-order valence-electron chi connectivity index (χ1n) is 15.7. The van der Waals surface area contributed by atoms with Crippen molar-refractivity contribution in [3.05, 3.63) is 61.2 Å². The zero-order valence-electron chi connectivity index (χ0n) is 25.7. The molecule has 0 saturated carbocycles. The van der Waals surface area contributed by atoms with Gasteiger partial charge in [-0.1, -0.05) is 69.2 Å². The Morgan fingerprint density at radius 2 is 1.71 bits per heavy atom. The molecule has 3 aliphatic heterocycles. The van der Waals surface area contributed by atoms with Crippen LogP contribution in [0.1, 0.15) is 64.9 Å². The highest BCUT2D eigenvalue weighted by Crippen LogP contribution is 2.72. The molecule has 1 aromatic rings. The molecule has 42 heavy (non-hydrogen) atoms. The summed E-state index contributed by atoms with van der Waals surface area (Å²) in [6, 6.07) is 8.48. The Morgan fingerprint density at radius 3 is 2.31 bits per heavy atom. The summed E-state index contributed by atoms with van der Waals surface area (Å²) in [6.07, 6.45) is 9.12. The van der Waals surface area contributed by atoms with Crippen LogP contribution in [0.4, 0.5) is 0 Å². The van der Waals surface area contributed by atoms with Crippen LogP contribution in [-0.2, 0) is 20.8 Å². The molecule has 230 valence electrons. The van der Waals surface area contributed by atoms with Gasteiger partial charge in [0.15, 0.2) is 0 Å². The Kier molecular flexibility index (Phi) is 10.6. The molecule has 0 radical (unpaired) electrons. The number of nitrogens with zero attached hydrogens (tertiary/aromatic N) is 3. The van der Waals surface area contributed by atoms with Gasteiger partial charge in [-0.3, -0.25) is 14.4 Å². The van der Waals surface area contributed by atoms with Gasteiger partial charge in [-0.15, -0.1) is 24.9 Å². The van der Waals surface area contributed by atoms with Crippen LogP contribution in [-0.4, -0.2) is 91.9 Å². The number of hydrogen-bond acceptors (Lipinski definition) is 5. The van der Waals surface area contributed by atoms with Crippen molar-refractivity contribution in [2.75, 3.05) is 32.8 Å². The number of unbranched alkanes of at least 4 members (excludes halogenated alkanes) is 2. The van der Waals surface area contributed by atoms with Gasteiger partial charge < -0.3 is 19.8 Å². The van der Waals surface area contributed by atoms with Crippen molar-refractivity contribution in [2.24, 2.45) is 11.8 Å². The lowest BCUT2D eigenvalue weighted by molar-refractivity contribution is -0.147. The summed E-state index contributed by atoms with van der Waals surface area (Å²) in [5.74, 6) is -1.42. The molecule has 1 spiro atoms. The first-order valence-corrected chi connectivity index (χ1v) is 16.5. The van der Waals surface area contributed by atoms with Gasteiger partial charge in [-0.25, -0.2) is 0 Å². The summed E-state index contributed by atoms with van der Waals surface area (Å²) in [4.78, 5) is 49.1. The normalized spacial score (nSPS) is 28.4. The highest BCUT2D eigenvalue weighted by atomic mass is 32.2. The van der Waals surface area contributed by atoms with E-state index in [4.69, 9.17) is 0 Å². The number of aliphatic hydroxyl groups is 1. The van der Waals surface area contributed by atoms with E-state index < -0.39 is 33.4 Å². The minimum Gasteiger partial charge on any atom is -0.394 e. The van der Waals surface area contributed by atoms with Gasteiger partial charge in [0.2, 0.25) is 17.7 Å². The predicted molar refractivity (Wildman–Crippen MR) is 170 cm³/mol. The maximum absolute atomic E-state index is 14.7. The Morgan fingerprint density at radius 1 is 1.05 bits per heavy atom. The highest BCUT2D eigenvalue weighted by molar-refractivity contribution is 8.02. The molecule has 8 heteroatoms. The van der Waals surface area contributed by atoms with E-state index in [1.807, 2.05) is 47.1 Å². The van der Waals surface area contributed by atoms with Crippen LogP contribution in [0.15, 0.2) is 55.6 Å². The monoisotopic (exact) mass is 595 g/mol. The van der Waals surface area contributed by atoms with Crippen LogP contribution in [0.2, 0.25) is 0 Å². The van der Waals surface area contributed by atoms with Gasteiger partial charge in [-0.2, -0.15) is 0 Å². The summed E-state index contributed by atoms with van der Waals surface area (Å²) in [7, 11) is 0. The number of carbonyl (C=O) groups excluding carboxylic acids is 3. The van der Waals surface area contributed by atoms with Gasteiger partial charge >= 0.3 is 0 Å².